The van der Waals surface area contributed by atoms with Gasteiger partial charge in [-0.15, -0.1) is 0 Å². The first-order valence-electron chi connectivity index (χ1n) is 10.2. The SMILES string of the molecule is C/C=C/CCC1CCC(C(=O)OC2CCC(/C=C/CC)CC2)CC1. The Morgan fingerprint density at radius 1 is 1.00 bits per heavy atom. The Balaban J connectivity index is 1.64. The van der Waals surface area contributed by atoms with Gasteiger partial charge in [0.05, 0.1) is 5.92 Å². The Labute approximate surface area is 148 Å². The number of ether oxygens (including phenoxy) is 1. The van der Waals surface area contributed by atoms with Gasteiger partial charge in [0.1, 0.15) is 6.10 Å². The fourth-order valence-corrected chi connectivity index (χ4v) is 4.17. The summed E-state index contributed by atoms with van der Waals surface area (Å²) in [5.74, 6) is 1.77. The van der Waals surface area contributed by atoms with E-state index in [-0.39, 0.29) is 18.0 Å². The lowest BCUT2D eigenvalue weighted by Crippen LogP contribution is -2.29. The van der Waals surface area contributed by atoms with Gasteiger partial charge in [0.2, 0.25) is 0 Å². The van der Waals surface area contributed by atoms with Crippen LogP contribution in [0.5, 0.6) is 0 Å². The number of esters is 1. The van der Waals surface area contributed by atoms with Crippen LogP contribution in [-0.4, -0.2) is 12.1 Å². The topological polar surface area (TPSA) is 26.3 Å². The molecule has 2 nitrogen and oxygen atoms in total. The molecule has 0 atom stereocenters. The summed E-state index contributed by atoms with van der Waals surface area (Å²) >= 11 is 0. The summed E-state index contributed by atoms with van der Waals surface area (Å²) in [4.78, 5) is 12.4. The molecule has 2 rings (SSSR count). The maximum absolute atomic E-state index is 12.4. The lowest BCUT2D eigenvalue weighted by molar-refractivity contribution is -0.157. The zero-order valence-corrected chi connectivity index (χ0v) is 15.7. The van der Waals surface area contributed by atoms with E-state index in [2.05, 4.69) is 38.2 Å². The third-order valence-corrected chi connectivity index (χ3v) is 5.80. The normalized spacial score (nSPS) is 31.6. The van der Waals surface area contributed by atoms with E-state index in [9.17, 15) is 4.79 Å². The molecular weight excluding hydrogens is 296 g/mol. The second-order valence-corrected chi connectivity index (χ2v) is 7.67. The van der Waals surface area contributed by atoms with Crippen LogP contribution in [-0.2, 0) is 9.53 Å². The van der Waals surface area contributed by atoms with Gasteiger partial charge in [0.25, 0.3) is 0 Å². The van der Waals surface area contributed by atoms with Crippen molar-refractivity contribution in [1.82, 2.24) is 0 Å². The van der Waals surface area contributed by atoms with E-state index in [0.29, 0.717) is 5.92 Å². The first-order chi connectivity index (χ1) is 11.7. The fraction of sp³-hybridized carbons (Fsp3) is 0.773. The van der Waals surface area contributed by atoms with Gasteiger partial charge in [0.15, 0.2) is 0 Å². The molecule has 2 aliphatic carbocycles. The van der Waals surface area contributed by atoms with Crippen LogP contribution in [0.1, 0.15) is 84.5 Å². The fourth-order valence-electron chi connectivity index (χ4n) is 4.17. The second-order valence-electron chi connectivity index (χ2n) is 7.67. The van der Waals surface area contributed by atoms with E-state index in [1.54, 1.807) is 0 Å². The smallest absolute Gasteiger partial charge is 0.309 e. The van der Waals surface area contributed by atoms with Crippen LogP contribution in [0, 0.1) is 17.8 Å². The molecule has 0 bridgehead atoms. The van der Waals surface area contributed by atoms with Gasteiger partial charge in [-0.25, -0.2) is 0 Å². The maximum atomic E-state index is 12.4. The first-order valence-corrected chi connectivity index (χ1v) is 10.2. The average molecular weight is 333 g/mol. The number of rotatable bonds is 7. The molecule has 0 aromatic heterocycles. The summed E-state index contributed by atoms with van der Waals surface area (Å²) < 4.78 is 5.84. The maximum Gasteiger partial charge on any atom is 0.309 e. The van der Waals surface area contributed by atoms with E-state index >= 15 is 0 Å². The predicted molar refractivity (Wildman–Crippen MR) is 101 cm³/mol. The van der Waals surface area contributed by atoms with Crippen LogP contribution in [0.15, 0.2) is 24.3 Å². The van der Waals surface area contributed by atoms with Crippen molar-refractivity contribution in [2.45, 2.75) is 90.6 Å². The van der Waals surface area contributed by atoms with Gasteiger partial charge in [-0.05, 0) is 89.4 Å². The van der Waals surface area contributed by atoms with Gasteiger partial charge in [-0.3, -0.25) is 4.79 Å². The highest BCUT2D eigenvalue weighted by molar-refractivity contribution is 5.72. The van der Waals surface area contributed by atoms with Crippen molar-refractivity contribution in [3.05, 3.63) is 24.3 Å². The van der Waals surface area contributed by atoms with Gasteiger partial charge < -0.3 is 4.74 Å². The molecule has 2 fully saturated rings. The number of carbonyl (C=O) groups is 1. The zero-order valence-electron chi connectivity index (χ0n) is 15.7. The van der Waals surface area contributed by atoms with Crippen molar-refractivity contribution >= 4 is 5.97 Å². The van der Waals surface area contributed by atoms with Crippen molar-refractivity contribution in [1.29, 1.82) is 0 Å². The molecule has 0 aliphatic heterocycles. The zero-order chi connectivity index (χ0) is 17.2. The molecule has 0 radical (unpaired) electrons. The predicted octanol–water partition coefficient (Wildman–Crippen LogP) is 6.22. The van der Waals surface area contributed by atoms with Crippen LogP contribution in [0.4, 0.5) is 0 Å². The van der Waals surface area contributed by atoms with Crippen LogP contribution < -0.4 is 0 Å². The summed E-state index contributed by atoms with van der Waals surface area (Å²) in [6, 6.07) is 0. The van der Waals surface area contributed by atoms with Gasteiger partial charge in [-0.1, -0.05) is 31.2 Å². The van der Waals surface area contributed by atoms with Crippen molar-refractivity contribution in [2.75, 3.05) is 0 Å². The molecule has 2 saturated carbocycles. The summed E-state index contributed by atoms with van der Waals surface area (Å²) in [5, 5.41) is 0. The van der Waals surface area contributed by atoms with E-state index in [4.69, 9.17) is 4.74 Å². The molecule has 136 valence electrons. The largest absolute Gasteiger partial charge is 0.462 e. The Bertz CT molecular complexity index is 408. The van der Waals surface area contributed by atoms with Crippen LogP contribution in [0.2, 0.25) is 0 Å². The number of carbonyl (C=O) groups excluding carboxylic acids is 1. The molecule has 0 aromatic rings. The van der Waals surface area contributed by atoms with E-state index < -0.39 is 0 Å². The molecule has 0 heterocycles. The average Bonchev–Trinajstić information content (AvgIpc) is 2.62. The van der Waals surface area contributed by atoms with Gasteiger partial charge in [0, 0.05) is 0 Å². The van der Waals surface area contributed by atoms with Crippen molar-refractivity contribution in [3.8, 4) is 0 Å². The minimum Gasteiger partial charge on any atom is -0.462 e. The second kappa shape index (κ2) is 10.7. The van der Waals surface area contributed by atoms with Crippen molar-refractivity contribution in [3.63, 3.8) is 0 Å². The first kappa shape index (κ1) is 19.3. The minimum absolute atomic E-state index is 0.0921. The highest BCUT2D eigenvalue weighted by Crippen LogP contribution is 2.34. The molecule has 0 spiro atoms. The van der Waals surface area contributed by atoms with Crippen LogP contribution in [0.3, 0.4) is 0 Å². The molecule has 0 saturated heterocycles. The monoisotopic (exact) mass is 332 g/mol. The number of hydrogen-bond donors (Lipinski definition) is 0. The molecule has 0 aromatic carbocycles. The molecule has 24 heavy (non-hydrogen) atoms. The van der Waals surface area contributed by atoms with Gasteiger partial charge in [-0.2, -0.15) is 0 Å². The van der Waals surface area contributed by atoms with Crippen LogP contribution >= 0.6 is 0 Å². The van der Waals surface area contributed by atoms with E-state index in [1.165, 1.54) is 38.5 Å². The highest BCUT2D eigenvalue weighted by atomic mass is 16.5. The number of allylic oxidation sites excluding steroid dienone is 4. The Morgan fingerprint density at radius 2 is 1.71 bits per heavy atom. The quantitative estimate of drug-likeness (QED) is 0.409. The Hall–Kier alpha value is -1.05. The molecular formula is C22H36O2. The minimum atomic E-state index is 0.0921. The molecule has 0 amide bonds. The van der Waals surface area contributed by atoms with E-state index in [1.807, 2.05) is 0 Å². The summed E-state index contributed by atoms with van der Waals surface area (Å²) in [7, 11) is 0. The lowest BCUT2D eigenvalue weighted by atomic mass is 9.80. The summed E-state index contributed by atoms with van der Waals surface area (Å²) in [5.41, 5.74) is 0. The third kappa shape index (κ3) is 6.45. The lowest BCUT2D eigenvalue weighted by Gasteiger charge is -2.31. The molecule has 0 N–H and O–H groups in total. The summed E-state index contributed by atoms with van der Waals surface area (Å²) in [6.45, 7) is 4.26. The summed E-state index contributed by atoms with van der Waals surface area (Å²) in [6.07, 6.45) is 21.7. The number of hydrogen-bond acceptors (Lipinski definition) is 2. The molecule has 2 heteroatoms. The Morgan fingerprint density at radius 3 is 2.33 bits per heavy atom. The highest BCUT2D eigenvalue weighted by Gasteiger charge is 2.30. The molecule has 0 unspecified atom stereocenters. The van der Waals surface area contributed by atoms with Gasteiger partial charge >= 0.3 is 5.97 Å². The Kier molecular flexibility index (Phi) is 8.63. The standard InChI is InChI=1S/C22H36O2/c1-3-5-7-9-19-10-14-20(15-11-19)22(23)24-21-16-12-18(13-17-21)8-6-4-2/h3,5-6,8,18-21H,4,7,9-17H2,1-2H3/b5-3+,8-6+. The van der Waals surface area contributed by atoms with E-state index in [0.717, 1.165) is 38.0 Å². The van der Waals surface area contributed by atoms with Crippen LogP contribution in [0.25, 0.3) is 0 Å². The third-order valence-electron chi connectivity index (χ3n) is 5.80. The molecule has 2 aliphatic rings. The van der Waals surface area contributed by atoms with Crippen molar-refractivity contribution < 1.29 is 9.53 Å². The van der Waals surface area contributed by atoms with Crippen molar-refractivity contribution in [2.24, 2.45) is 17.8 Å².